The summed E-state index contributed by atoms with van der Waals surface area (Å²) in [5.74, 6) is -0.166. The molecular weight excluding hydrogens is 563 g/mol. The molecule has 0 spiro atoms. The van der Waals surface area contributed by atoms with Crippen molar-refractivity contribution in [1.82, 2.24) is 20.4 Å². The number of amides is 3. The van der Waals surface area contributed by atoms with Crippen molar-refractivity contribution in [2.45, 2.75) is 53.5 Å². The number of urea groups is 1. The van der Waals surface area contributed by atoms with Crippen molar-refractivity contribution in [3.8, 4) is 0 Å². The van der Waals surface area contributed by atoms with Crippen LogP contribution >= 0.6 is 23.2 Å². The first-order valence-corrected chi connectivity index (χ1v) is 14.7. The fraction of sp³-hybridized carbons (Fsp3) is 0.516. The fourth-order valence-corrected chi connectivity index (χ4v) is 4.78. The van der Waals surface area contributed by atoms with Crippen LogP contribution in [0.5, 0.6) is 0 Å². The van der Waals surface area contributed by atoms with Crippen LogP contribution in [0.25, 0.3) is 0 Å². The molecule has 0 saturated carbocycles. The average Bonchev–Trinajstić information content (AvgIpc) is 2.95. The third-order valence-electron chi connectivity index (χ3n) is 7.09. The molecule has 1 atom stereocenters. The SMILES string of the molecule is CCC(C)CN(C)C(=O)C1(C)CCN(C(=O)NC)CC1.Cc1ccccc1.O=C(O)CNCc1c(Cl)cccc1Cl. The number of carboxylic acids is 1. The molecule has 0 bridgehead atoms. The van der Waals surface area contributed by atoms with Gasteiger partial charge in [0.15, 0.2) is 0 Å². The van der Waals surface area contributed by atoms with E-state index in [-0.39, 0.29) is 23.9 Å². The number of aliphatic carboxylic acids is 1. The van der Waals surface area contributed by atoms with Gasteiger partial charge < -0.3 is 25.5 Å². The van der Waals surface area contributed by atoms with Crippen molar-refractivity contribution < 1.29 is 19.5 Å². The van der Waals surface area contributed by atoms with Crippen LogP contribution in [0.4, 0.5) is 4.79 Å². The summed E-state index contributed by atoms with van der Waals surface area (Å²) in [6.07, 6.45) is 2.56. The normalized spacial score (nSPS) is 14.4. The minimum absolute atomic E-state index is 0.0486. The summed E-state index contributed by atoms with van der Waals surface area (Å²) in [4.78, 5) is 38.1. The molecule has 3 rings (SSSR count). The second kappa shape index (κ2) is 18.6. The minimum atomic E-state index is -0.909. The van der Waals surface area contributed by atoms with Gasteiger partial charge in [-0.25, -0.2) is 4.79 Å². The van der Waals surface area contributed by atoms with Crippen LogP contribution in [0.2, 0.25) is 10.0 Å². The van der Waals surface area contributed by atoms with Gasteiger partial charge in [-0.3, -0.25) is 9.59 Å². The molecule has 1 aliphatic rings. The van der Waals surface area contributed by atoms with Gasteiger partial charge in [-0.15, -0.1) is 0 Å². The van der Waals surface area contributed by atoms with E-state index in [1.54, 1.807) is 30.1 Å². The number of nitrogens with one attached hydrogen (secondary N) is 2. The first-order valence-electron chi connectivity index (χ1n) is 13.9. The van der Waals surface area contributed by atoms with Crippen LogP contribution in [-0.4, -0.2) is 73.1 Å². The fourth-order valence-electron chi connectivity index (χ4n) is 4.25. The number of rotatable bonds is 8. The van der Waals surface area contributed by atoms with E-state index in [2.05, 4.69) is 43.5 Å². The molecule has 1 fully saturated rings. The van der Waals surface area contributed by atoms with Crippen molar-refractivity contribution in [2.24, 2.45) is 11.3 Å². The number of hydrogen-bond acceptors (Lipinski definition) is 4. The minimum Gasteiger partial charge on any atom is -0.480 e. The van der Waals surface area contributed by atoms with Gasteiger partial charge >= 0.3 is 12.0 Å². The summed E-state index contributed by atoms with van der Waals surface area (Å²) >= 11 is 11.7. The van der Waals surface area contributed by atoms with E-state index < -0.39 is 5.97 Å². The maximum absolute atomic E-state index is 12.6. The number of piperidine rings is 1. The van der Waals surface area contributed by atoms with E-state index in [1.807, 2.05) is 37.1 Å². The molecule has 0 aromatic heterocycles. The Hall–Kier alpha value is -2.81. The molecule has 228 valence electrons. The van der Waals surface area contributed by atoms with E-state index in [0.29, 0.717) is 35.6 Å². The molecule has 41 heavy (non-hydrogen) atoms. The third-order valence-corrected chi connectivity index (χ3v) is 7.80. The number of carboxylic acid groups (broad SMARTS) is 1. The molecule has 2 aromatic rings. The van der Waals surface area contributed by atoms with Crippen molar-refractivity contribution in [3.63, 3.8) is 0 Å². The number of carbonyl (C=O) groups excluding carboxylic acids is 2. The lowest BCUT2D eigenvalue weighted by atomic mass is 9.79. The van der Waals surface area contributed by atoms with Gasteiger partial charge in [-0.05, 0) is 37.8 Å². The van der Waals surface area contributed by atoms with E-state index >= 15 is 0 Å². The van der Waals surface area contributed by atoms with Crippen LogP contribution in [0.1, 0.15) is 51.2 Å². The number of aryl methyl sites for hydroxylation is 1. The summed E-state index contributed by atoms with van der Waals surface area (Å²) in [7, 11) is 3.53. The van der Waals surface area contributed by atoms with Gasteiger partial charge in [0, 0.05) is 61.3 Å². The molecule has 0 aliphatic carbocycles. The van der Waals surface area contributed by atoms with Gasteiger partial charge in [-0.2, -0.15) is 0 Å². The van der Waals surface area contributed by atoms with Crippen LogP contribution in [0.15, 0.2) is 48.5 Å². The van der Waals surface area contributed by atoms with E-state index in [0.717, 1.165) is 31.4 Å². The highest BCUT2D eigenvalue weighted by Gasteiger charge is 2.39. The van der Waals surface area contributed by atoms with Gasteiger partial charge in [-0.1, -0.05) is 92.4 Å². The first kappa shape index (κ1) is 36.2. The number of benzene rings is 2. The predicted octanol–water partition coefficient (Wildman–Crippen LogP) is 6.10. The number of likely N-dealkylation sites (tertiary alicyclic amines) is 1. The highest BCUT2D eigenvalue weighted by molar-refractivity contribution is 6.35. The molecule has 8 nitrogen and oxygen atoms in total. The molecule has 1 heterocycles. The Bertz CT molecular complexity index is 1070. The lowest BCUT2D eigenvalue weighted by Crippen LogP contribution is -2.51. The van der Waals surface area contributed by atoms with Crippen LogP contribution in [0, 0.1) is 18.3 Å². The zero-order valence-electron chi connectivity index (χ0n) is 25.2. The van der Waals surface area contributed by atoms with Gasteiger partial charge in [0.25, 0.3) is 0 Å². The molecule has 3 N–H and O–H groups in total. The second-order valence-corrected chi connectivity index (χ2v) is 11.5. The quantitative estimate of drug-likeness (QED) is 0.336. The monoisotopic (exact) mass is 608 g/mol. The summed E-state index contributed by atoms with van der Waals surface area (Å²) in [6.45, 7) is 10.8. The maximum Gasteiger partial charge on any atom is 0.317 e. The molecule has 0 radical (unpaired) electrons. The zero-order chi connectivity index (χ0) is 31.0. The van der Waals surface area contributed by atoms with Gasteiger partial charge in [0.1, 0.15) is 0 Å². The van der Waals surface area contributed by atoms with Crippen molar-refractivity contribution in [2.75, 3.05) is 40.3 Å². The van der Waals surface area contributed by atoms with E-state index in [4.69, 9.17) is 28.3 Å². The third kappa shape index (κ3) is 13.1. The predicted molar refractivity (Wildman–Crippen MR) is 167 cm³/mol. The Morgan fingerprint density at radius 2 is 1.61 bits per heavy atom. The topological polar surface area (TPSA) is 102 Å². The largest absolute Gasteiger partial charge is 0.480 e. The number of halogens is 2. The molecule has 3 amide bonds. The van der Waals surface area contributed by atoms with Crippen molar-refractivity contribution in [1.29, 1.82) is 0 Å². The number of hydrogen-bond donors (Lipinski definition) is 3. The summed E-state index contributed by atoms with van der Waals surface area (Å²) in [6, 6.07) is 15.4. The first-order chi connectivity index (χ1) is 19.3. The Morgan fingerprint density at radius 1 is 1.05 bits per heavy atom. The lowest BCUT2D eigenvalue weighted by Gasteiger charge is -2.40. The maximum atomic E-state index is 12.6. The van der Waals surface area contributed by atoms with Crippen LogP contribution in [0.3, 0.4) is 0 Å². The summed E-state index contributed by atoms with van der Waals surface area (Å²) in [5, 5.41) is 14.8. The molecule has 10 heteroatoms. The highest BCUT2D eigenvalue weighted by atomic mass is 35.5. The Balaban J connectivity index is 0.000000344. The Kier molecular flexibility index (Phi) is 16.4. The van der Waals surface area contributed by atoms with Crippen LogP contribution < -0.4 is 10.6 Å². The van der Waals surface area contributed by atoms with Crippen LogP contribution in [-0.2, 0) is 16.1 Å². The number of nitrogens with zero attached hydrogens (tertiary/aromatic N) is 2. The zero-order valence-corrected chi connectivity index (χ0v) is 26.7. The van der Waals surface area contributed by atoms with Crippen molar-refractivity contribution >= 4 is 41.1 Å². The molecule has 1 saturated heterocycles. The standard InChI is InChI=1S/C15H29N3O2.C9H9Cl2NO2.C7H8/c1-6-12(2)11-17(5)13(19)15(3)7-9-18(10-8-15)14(20)16-4;10-7-2-1-3-8(11)6(7)4-12-5-9(13)14;1-7-5-3-2-4-6-7/h12H,6-11H2,1-5H3,(H,16,20);1-3,12H,4-5H2,(H,13,14);2-6H,1H3. The Labute approximate surface area is 255 Å². The highest BCUT2D eigenvalue weighted by Crippen LogP contribution is 2.33. The second-order valence-electron chi connectivity index (χ2n) is 10.7. The molecular formula is C31H46Cl2N4O4. The van der Waals surface area contributed by atoms with Crippen molar-refractivity contribution in [3.05, 3.63) is 69.7 Å². The Morgan fingerprint density at radius 3 is 2.05 bits per heavy atom. The van der Waals surface area contributed by atoms with E-state index in [9.17, 15) is 14.4 Å². The average molecular weight is 610 g/mol. The van der Waals surface area contributed by atoms with E-state index in [1.165, 1.54) is 5.56 Å². The van der Waals surface area contributed by atoms with Gasteiger partial charge in [0.2, 0.25) is 5.91 Å². The molecule has 1 aliphatic heterocycles. The molecule has 1 unspecified atom stereocenters. The summed E-state index contributed by atoms with van der Waals surface area (Å²) in [5.41, 5.74) is 1.71. The number of carbonyl (C=O) groups is 3. The smallest absolute Gasteiger partial charge is 0.317 e. The lowest BCUT2D eigenvalue weighted by molar-refractivity contribution is -0.142. The molecule has 2 aromatic carbocycles. The van der Waals surface area contributed by atoms with Gasteiger partial charge in [0.05, 0.1) is 6.54 Å². The summed E-state index contributed by atoms with van der Waals surface area (Å²) < 4.78 is 0.